The van der Waals surface area contributed by atoms with Crippen molar-refractivity contribution >= 4 is 34.6 Å². The molecule has 1 aliphatic rings. The summed E-state index contributed by atoms with van der Waals surface area (Å²) in [7, 11) is 0. The molecule has 0 fully saturated rings. The van der Waals surface area contributed by atoms with E-state index in [0.29, 0.717) is 21.4 Å². The molecule has 5 nitrogen and oxygen atoms in total. The van der Waals surface area contributed by atoms with E-state index >= 15 is 0 Å². The largest absolute Gasteiger partial charge is 0.464 e. The standard InChI is InChI=1S/C15H10Cl2N2O3/c16-11-2-1-3-12(17)14(11)13-8-18-15(22-13)9-4-6-10(7-5-9)19(20)21/h1-8,15,18H. The Balaban J connectivity index is 1.81. The van der Waals surface area contributed by atoms with Gasteiger partial charge in [0.15, 0.2) is 6.23 Å². The van der Waals surface area contributed by atoms with Crippen LogP contribution in [0.5, 0.6) is 0 Å². The van der Waals surface area contributed by atoms with E-state index in [1.54, 1.807) is 36.5 Å². The van der Waals surface area contributed by atoms with Crippen LogP contribution in [0.25, 0.3) is 5.76 Å². The lowest BCUT2D eigenvalue weighted by atomic mass is 10.2. The molecular weight excluding hydrogens is 327 g/mol. The fraction of sp³-hybridized carbons (Fsp3) is 0.0667. The highest BCUT2D eigenvalue weighted by Crippen LogP contribution is 2.36. The maximum atomic E-state index is 10.7. The molecule has 112 valence electrons. The summed E-state index contributed by atoms with van der Waals surface area (Å²) in [4.78, 5) is 10.2. The number of benzene rings is 2. The molecule has 2 aromatic rings. The van der Waals surface area contributed by atoms with Gasteiger partial charge in [-0.2, -0.15) is 0 Å². The van der Waals surface area contributed by atoms with Gasteiger partial charge in [0.2, 0.25) is 0 Å². The molecule has 1 heterocycles. The molecule has 0 saturated heterocycles. The van der Waals surface area contributed by atoms with Crippen LogP contribution in [-0.2, 0) is 4.74 Å². The second-order valence-electron chi connectivity index (χ2n) is 4.62. The Morgan fingerprint density at radius 1 is 1.09 bits per heavy atom. The monoisotopic (exact) mass is 336 g/mol. The third-order valence-electron chi connectivity index (χ3n) is 3.23. The van der Waals surface area contributed by atoms with E-state index in [1.807, 2.05) is 0 Å². The summed E-state index contributed by atoms with van der Waals surface area (Å²) < 4.78 is 5.81. The lowest BCUT2D eigenvalue weighted by molar-refractivity contribution is -0.384. The number of ether oxygens (including phenoxy) is 1. The maximum Gasteiger partial charge on any atom is 0.269 e. The number of nitrogens with zero attached hydrogens (tertiary/aromatic N) is 1. The van der Waals surface area contributed by atoms with Crippen LogP contribution in [0.3, 0.4) is 0 Å². The molecule has 0 radical (unpaired) electrons. The van der Waals surface area contributed by atoms with Crippen LogP contribution >= 0.6 is 23.2 Å². The minimum atomic E-state index is -0.445. The van der Waals surface area contributed by atoms with Crippen LogP contribution in [0.1, 0.15) is 17.4 Å². The Morgan fingerprint density at radius 2 is 1.73 bits per heavy atom. The number of hydrogen-bond donors (Lipinski definition) is 1. The summed E-state index contributed by atoms with van der Waals surface area (Å²) in [6.07, 6.45) is 1.24. The Morgan fingerprint density at radius 3 is 2.32 bits per heavy atom. The molecule has 0 bridgehead atoms. The smallest absolute Gasteiger partial charge is 0.269 e. The summed E-state index contributed by atoms with van der Waals surface area (Å²) >= 11 is 12.3. The first kappa shape index (κ1) is 14.7. The first-order valence-corrected chi connectivity index (χ1v) is 7.13. The van der Waals surface area contributed by atoms with Gasteiger partial charge in [-0.25, -0.2) is 0 Å². The zero-order chi connectivity index (χ0) is 15.7. The molecular formula is C15H10Cl2N2O3. The Bertz CT molecular complexity index is 740. The Kier molecular flexibility index (Phi) is 3.92. The molecule has 7 heteroatoms. The first-order valence-electron chi connectivity index (χ1n) is 6.38. The number of non-ortho nitro benzene ring substituents is 1. The Labute approximate surface area is 136 Å². The zero-order valence-corrected chi connectivity index (χ0v) is 12.6. The van der Waals surface area contributed by atoms with Crippen molar-refractivity contribution in [2.75, 3.05) is 0 Å². The minimum Gasteiger partial charge on any atom is -0.464 e. The number of nitro groups is 1. The van der Waals surface area contributed by atoms with Crippen LogP contribution in [-0.4, -0.2) is 4.92 Å². The predicted molar refractivity (Wildman–Crippen MR) is 84.5 cm³/mol. The van der Waals surface area contributed by atoms with Gasteiger partial charge in [0.1, 0.15) is 5.76 Å². The number of halogens is 2. The van der Waals surface area contributed by atoms with Crippen molar-refractivity contribution in [3.63, 3.8) is 0 Å². The first-order chi connectivity index (χ1) is 10.6. The zero-order valence-electron chi connectivity index (χ0n) is 11.1. The molecule has 2 aromatic carbocycles. The van der Waals surface area contributed by atoms with Crippen LogP contribution < -0.4 is 5.32 Å². The van der Waals surface area contributed by atoms with E-state index in [0.717, 1.165) is 5.56 Å². The lowest BCUT2D eigenvalue weighted by Gasteiger charge is -2.14. The van der Waals surface area contributed by atoms with Crippen molar-refractivity contribution in [2.45, 2.75) is 6.23 Å². The van der Waals surface area contributed by atoms with Crippen molar-refractivity contribution in [2.24, 2.45) is 0 Å². The summed E-state index contributed by atoms with van der Waals surface area (Å²) in [5.74, 6) is 0.527. The molecule has 0 amide bonds. The van der Waals surface area contributed by atoms with Gasteiger partial charge in [0, 0.05) is 23.9 Å². The molecule has 0 spiro atoms. The summed E-state index contributed by atoms with van der Waals surface area (Å²) in [5, 5.41) is 14.7. The van der Waals surface area contributed by atoms with E-state index < -0.39 is 11.2 Å². The highest BCUT2D eigenvalue weighted by molar-refractivity contribution is 6.37. The van der Waals surface area contributed by atoms with Gasteiger partial charge in [-0.05, 0) is 24.3 Å². The second kappa shape index (κ2) is 5.87. The average Bonchev–Trinajstić information content (AvgIpc) is 2.97. The van der Waals surface area contributed by atoms with Crippen molar-refractivity contribution in [3.05, 3.63) is 80.0 Å². The van der Waals surface area contributed by atoms with Gasteiger partial charge < -0.3 is 10.1 Å². The van der Waals surface area contributed by atoms with E-state index in [9.17, 15) is 10.1 Å². The van der Waals surface area contributed by atoms with Gasteiger partial charge in [0.05, 0.1) is 20.5 Å². The molecule has 0 aliphatic carbocycles. The third kappa shape index (κ3) is 2.73. The highest BCUT2D eigenvalue weighted by Gasteiger charge is 2.24. The van der Waals surface area contributed by atoms with Gasteiger partial charge in [-0.3, -0.25) is 10.1 Å². The molecule has 1 unspecified atom stereocenters. The quantitative estimate of drug-likeness (QED) is 0.661. The van der Waals surface area contributed by atoms with Crippen molar-refractivity contribution in [1.29, 1.82) is 0 Å². The van der Waals surface area contributed by atoms with Crippen molar-refractivity contribution in [1.82, 2.24) is 5.32 Å². The topological polar surface area (TPSA) is 64.4 Å². The van der Waals surface area contributed by atoms with Crippen LogP contribution in [0.2, 0.25) is 10.0 Å². The number of nitrogens with one attached hydrogen (secondary N) is 1. The van der Waals surface area contributed by atoms with Gasteiger partial charge in [-0.15, -0.1) is 0 Å². The van der Waals surface area contributed by atoms with Crippen LogP contribution in [0.4, 0.5) is 5.69 Å². The molecule has 1 N–H and O–H groups in total. The van der Waals surface area contributed by atoms with Gasteiger partial charge in [0.25, 0.3) is 5.69 Å². The SMILES string of the molecule is O=[N+]([O-])c1ccc(C2NC=C(c3c(Cl)cccc3Cl)O2)cc1. The normalized spacial score (nSPS) is 16.6. The number of hydrogen-bond acceptors (Lipinski definition) is 4. The number of rotatable bonds is 3. The van der Waals surface area contributed by atoms with E-state index in [-0.39, 0.29) is 5.69 Å². The molecule has 3 rings (SSSR count). The van der Waals surface area contributed by atoms with E-state index in [4.69, 9.17) is 27.9 Å². The van der Waals surface area contributed by atoms with Crippen molar-refractivity contribution < 1.29 is 9.66 Å². The minimum absolute atomic E-state index is 0.0316. The summed E-state index contributed by atoms with van der Waals surface area (Å²) in [6.45, 7) is 0. The molecule has 0 saturated carbocycles. The molecule has 1 atom stereocenters. The molecule has 22 heavy (non-hydrogen) atoms. The Hall–Kier alpha value is -2.24. The second-order valence-corrected chi connectivity index (χ2v) is 5.43. The predicted octanol–water partition coefficient (Wildman–Crippen LogP) is 4.52. The number of nitro benzene ring substituents is 1. The van der Waals surface area contributed by atoms with Gasteiger partial charge in [-0.1, -0.05) is 29.3 Å². The summed E-state index contributed by atoms with van der Waals surface area (Å²) in [5.41, 5.74) is 1.41. The maximum absolute atomic E-state index is 10.7. The summed E-state index contributed by atoms with van der Waals surface area (Å²) in [6, 6.07) is 11.4. The molecule has 1 aliphatic heterocycles. The third-order valence-corrected chi connectivity index (χ3v) is 3.86. The van der Waals surface area contributed by atoms with Gasteiger partial charge >= 0.3 is 0 Å². The van der Waals surface area contributed by atoms with Crippen LogP contribution in [0.15, 0.2) is 48.7 Å². The van der Waals surface area contributed by atoms with Crippen LogP contribution in [0, 0.1) is 10.1 Å². The fourth-order valence-electron chi connectivity index (χ4n) is 2.15. The molecule has 0 aromatic heterocycles. The van der Waals surface area contributed by atoms with E-state index in [2.05, 4.69) is 5.32 Å². The van der Waals surface area contributed by atoms with Crippen molar-refractivity contribution in [3.8, 4) is 0 Å². The lowest BCUT2D eigenvalue weighted by Crippen LogP contribution is -2.11. The average molecular weight is 337 g/mol. The fourth-order valence-corrected chi connectivity index (χ4v) is 2.73. The van der Waals surface area contributed by atoms with E-state index in [1.165, 1.54) is 12.1 Å². The highest BCUT2D eigenvalue weighted by atomic mass is 35.5.